The molecule has 1 aromatic rings. The number of hydrogen-bond acceptors (Lipinski definition) is 4. The Balaban J connectivity index is 2.68. The summed E-state index contributed by atoms with van der Waals surface area (Å²) in [5.74, 6) is -0.382. The summed E-state index contributed by atoms with van der Waals surface area (Å²) in [6, 6.07) is 9.55. The third kappa shape index (κ3) is 6.32. The van der Waals surface area contributed by atoms with Gasteiger partial charge in [0.15, 0.2) is 0 Å². The van der Waals surface area contributed by atoms with Crippen molar-refractivity contribution in [2.45, 2.75) is 42.1 Å². The Bertz CT molecular complexity index is 416. The molecule has 0 amide bonds. The summed E-state index contributed by atoms with van der Waals surface area (Å²) in [7, 11) is 1.48. The van der Waals surface area contributed by atoms with E-state index in [9.17, 15) is 4.79 Å². The molecule has 0 radical (unpaired) electrons. The molecule has 0 spiro atoms. The third-order valence-electron chi connectivity index (χ3n) is 2.09. The number of carbonyl (C=O) groups excluding carboxylic acids is 1. The summed E-state index contributed by atoms with van der Waals surface area (Å²) >= 11 is 7.61. The van der Waals surface area contributed by atoms with Crippen molar-refractivity contribution in [3.63, 3.8) is 0 Å². The lowest BCUT2D eigenvalue weighted by Gasteiger charge is -2.26. The molecule has 1 unspecified atom stereocenters. The topological polar surface area (TPSA) is 35.5 Å². The van der Waals surface area contributed by atoms with Crippen molar-refractivity contribution in [3.05, 3.63) is 30.3 Å². The zero-order valence-electron chi connectivity index (χ0n) is 11.6. The van der Waals surface area contributed by atoms with Gasteiger partial charge in [-0.25, -0.2) is 0 Å². The molecule has 5 heteroatoms. The van der Waals surface area contributed by atoms with E-state index in [1.165, 1.54) is 18.9 Å². The highest BCUT2D eigenvalue weighted by atomic mass is 35.5. The normalized spacial score (nSPS) is 14.8. The second kappa shape index (κ2) is 6.64. The van der Waals surface area contributed by atoms with Crippen LogP contribution in [0.4, 0.5) is 0 Å². The van der Waals surface area contributed by atoms with E-state index >= 15 is 0 Å². The first-order valence-electron chi connectivity index (χ1n) is 5.94. The van der Waals surface area contributed by atoms with Gasteiger partial charge >= 0.3 is 5.97 Å². The average Bonchev–Trinajstić information content (AvgIpc) is 2.27. The molecule has 0 aliphatic carbocycles. The number of thioether (sulfide) groups is 1. The third-order valence-corrected chi connectivity index (χ3v) is 3.74. The number of alkyl halides is 1. The van der Waals surface area contributed by atoms with Crippen LogP contribution in [0, 0.1) is 0 Å². The van der Waals surface area contributed by atoms with E-state index in [1.807, 2.05) is 51.1 Å². The number of hydrogen-bond donors (Lipinski definition) is 0. The predicted octanol–water partition coefficient (Wildman–Crippen LogP) is 4.05. The monoisotopic (exact) mass is 302 g/mol. The lowest BCUT2D eigenvalue weighted by atomic mass is 10.2. The van der Waals surface area contributed by atoms with Gasteiger partial charge < -0.3 is 9.47 Å². The van der Waals surface area contributed by atoms with Crippen molar-refractivity contribution in [1.29, 1.82) is 0 Å². The fourth-order valence-corrected chi connectivity index (χ4v) is 2.66. The molecule has 1 rings (SSSR count). The van der Waals surface area contributed by atoms with Crippen LogP contribution < -0.4 is 0 Å². The molecule has 19 heavy (non-hydrogen) atoms. The minimum absolute atomic E-state index is 0.0259. The minimum Gasteiger partial charge on any atom is -0.460 e. The summed E-state index contributed by atoms with van der Waals surface area (Å²) in [5, 5.41) is 0. The Kier molecular flexibility index (Phi) is 5.71. The summed E-state index contributed by atoms with van der Waals surface area (Å²) in [6.45, 7) is 5.45. The number of ether oxygens (including phenoxy) is 2. The van der Waals surface area contributed by atoms with Gasteiger partial charge in [0.05, 0.1) is 6.42 Å². The molecule has 0 aliphatic heterocycles. The van der Waals surface area contributed by atoms with Crippen LogP contribution >= 0.6 is 23.4 Å². The van der Waals surface area contributed by atoms with E-state index in [1.54, 1.807) is 0 Å². The van der Waals surface area contributed by atoms with Crippen molar-refractivity contribution >= 4 is 29.3 Å². The first kappa shape index (κ1) is 16.3. The maximum absolute atomic E-state index is 11.8. The quantitative estimate of drug-likeness (QED) is 0.356. The lowest BCUT2D eigenvalue weighted by Crippen LogP contribution is -2.30. The molecule has 0 N–H and O–H groups in total. The molecule has 0 bridgehead atoms. The summed E-state index contributed by atoms with van der Waals surface area (Å²) < 4.78 is 9.36. The van der Waals surface area contributed by atoms with Crippen molar-refractivity contribution in [2.24, 2.45) is 0 Å². The van der Waals surface area contributed by atoms with Crippen LogP contribution in [0.15, 0.2) is 35.2 Å². The average molecular weight is 303 g/mol. The number of esters is 1. The molecule has 3 nitrogen and oxygen atoms in total. The Labute approximate surface area is 123 Å². The SMILES string of the molecule is COC(Cl)(CC(=O)OC(C)(C)C)Sc1ccccc1. The highest BCUT2D eigenvalue weighted by Gasteiger charge is 2.33. The van der Waals surface area contributed by atoms with Gasteiger partial charge in [-0.1, -0.05) is 41.6 Å². The Hall–Kier alpha value is -0.710. The van der Waals surface area contributed by atoms with Crippen LogP contribution in [0.5, 0.6) is 0 Å². The molecule has 0 aromatic heterocycles. The molecule has 0 aliphatic rings. The van der Waals surface area contributed by atoms with E-state index in [-0.39, 0.29) is 12.4 Å². The molecular weight excluding hydrogens is 284 g/mol. The van der Waals surface area contributed by atoms with Gasteiger partial charge in [-0.2, -0.15) is 0 Å². The second-order valence-corrected chi connectivity index (χ2v) is 7.21. The van der Waals surface area contributed by atoms with E-state index in [0.717, 1.165) is 4.90 Å². The van der Waals surface area contributed by atoms with Gasteiger partial charge in [0, 0.05) is 12.0 Å². The fourth-order valence-electron chi connectivity index (χ4n) is 1.36. The Morgan fingerprint density at radius 1 is 1.26 bits per heavy atom. The standard InChI is InChI=1S/C14H19ClO3S/c1-13(2,3)18-12(16)10-14(15,17-4)19-11-8-6-5-7-9-11/h5-9H,10H2,1-4H3. The van der Waals surface area contributed by atoms with Gasteiger partial charge in [-0.05, 0) is 32.9 Å². The Morgan fingerprint density at radius 3 is 2.32 bits per heavy atom. The first-order valence-corrected chi connectivity index (χ1v) is 7.13. The summed E-state index contributed by atoms with van der Waals surface area (Å²) in [5.41, 5.74) is -0.528. The molecule has 0 saturated heterocycles. The van der Waals surface area contributed by atoms with E-state index in [2.05, 4.69) is 0 Å². The van der Waals surface area contributed by atoms with Crippen molar-refractivity contribution in [2.75, 3.05) is 7.11 Å². The van der Waals surface area contributed by atoms with Gasteiger partial charge in [0.2, 0.25) is 4.39 Å². The van der Waals surface area contributed by atoms with E-state index in [0.29, 0.717) is 0 Å². The molecule has 0 heterocycles. The van der Waals surface area contributed by atoms with Crippen LogP contribution in [0.25, 0.3) is 0 Å². The van der Waals surface area contributed by atoms with E-state index < -0.39 is 9.99 Å². The largest absolute Gasteiger partial charge is 0.460 e. The smallest absolute Gasteiger partial charge is 0.311 e. The highest BCUT2D eigenvalue weighted by molar-refractivity contribution is 8.01. The summed E-state index contributed by atoms with van der Waals surface area (Å²) in [6.07, 6.45) is -0.0259. The van der Waals surface area contributed by atoms with Crippen LogP contribution in [0.3, 0.4) is 0 Å². The molecule has 0 saturated carbocycles. The number of benzene rings is 1. The first-order chi connectivity index (χ1) is 8.74. The molecular formula is C14H19ClO3S. The minimum atomic E-state index is -1.15. The molecule has 0 fully saturated rings. The number of rotatable bonds is 5. The van der Waals surface area contributed by atoms with E-state index in [4.69, 9.17) is 21.1 Å². The number of halogens is 1. The number of methoxy groups -OCH3 is 1. The second-order valence-electron chi connectivity index (χ2n) is 5.04. The number of carbonyl (C=O) groups is 1. The fraction of sp³-hybridized carbons (Fsp3) is 0.500. The predicted molar refractivity (Wildman–Crippen MR) is 78.4 cm³/mol. The Morgan fingerprint density at radius 2 is 1.84 bits per heavy atom. The van der Waals surface area contributed by atoms with Gasteiger partial charge in [-0.3, -0.25) is 4.79 Å². The van der Waals surface area contributed by atoms with Gasteiger partial charge in [0.1, 0.15) is 5.60 Å². The van der Waals surface area contributed by atoms with Gasteiger partial charge in [-0.15, -0.1) is 0 Å². The van der Waals surface area contributed by atoms with Crippen molar-refractivity contribution in [1.82, 2.24) is 0 Å². The zero-order valence-corrected chi connectivity index (χ0v) is 13.2. The molecule has 1 atom stereocenters. The van der Waals surface area contributed by atoms with Gasteiger partial charge in [0.25, 0.3) is 0 Å². The maximum Gasteiger partial charge on any atom is 0.311 e. The van der Waals surface area contributed by atoms with Crippen molar-refractivity contribution in [3.8, 4) is 0 Å². The summed E-state index contributed by atoms with van der Waals surface area (Å²) in [4.78, 5) is 12.8. The molecule has 1 aromatic carbocycles. The van der Waals surface area contributed by atoms with Crippen molar-refractivity contribution < 1.29 is 14.3 Å². The highest BCUT2D eigenvalue weighted by Crippen LogP contribution is 2.40. The van der Waals surface area contributed by atoms with Crippen LogP contribution in [0.1, 0.15) is 27.2 Å². The maximum atomic E-state index is 11.8. The van der Waals surface area contributed by atoms with Crippen LogP contribution in [-0.2, 0) is 14.3 Å². The zero-order chi connectivity index (χ0) is 14.5. The molecule has 106 valence electrons. The van der Waals surface area contributed by atoms with Crippen LogP contribution in [-0.4, -0.2) is 23.1 Å². The van der Waals surface area contributed by atoms with Crippen LogP contribution in [0.2, 0.25) is 0 Å². The lowest BCUT2D eigenvalue weighted by molar-refractivity contribution is -0.156.